The quantitative estimate of drug-likeness (QED) is 0.377. The predicted octanol–water partition coefficient (Wildman–Crippen LogP) is 4.91. The first-order chi connectivity index (χ1) is 12.2. The van der Waals surface area contributed by atoms with Crippen LogP contribution in [-0.4, -0.2) is 20.9 Å². The Hall–Kier alpha value is -2.93. The topological polar surface area (TPSA) is 69.7 Å². The molecule has 0 saturated heterocycles. The summed E-state index contributed by atoms with van der Waals surface area (Å²) >= 11 is 1.57. The molecule has 0 amide bonds. The van der Waals surface area contributed by atoms with Crippen LogP contribution in [0.1, 0.15) is 13.3 Å². The number of nitro groups is 1. The summed E-state index contributed by atoms with van der Waals surface area (Å²) in [6.07, 6.45) is 2.89. The Balaban J connectivity index is 1.76. The Kier molecular flexibility index (Phi) is 3.85. The van der Waals surface area contributed by atoms with Crippen LogP contribution in [0, 0.1) is 10.1 Å². The first-order valence-corrected chi connectivity index (χ1v) is 8.76. The van der Waals surface area contributed by atoms with Gasteiger partial charge in [0.15, 0.2) is 4.96 Å². The van der Waals surface area contributed by atoms with Crippen LogP contribution in [0.2, 0.25) is 0 Å². The molecular weight excluding hydrogens is 338 g/mol. The van der Waals surface area contributed by atoms with E-state index in [-0.39, 0.29) is 5.69 Å². The maximum atomic E-state index is 11.0. The van der Waals surface area contributed by atoms with Crippen molar-refractivity contribution in [3.8, 4) is 17.0 Å². The highest BCUT2D eigenvalue weighted by atomic mass is 32.1. The second-order valence-electron chi connectivity index (χ2n) is 5.67. The van der Waals surface area contributed by atoms with Crippen molar-refractivity contribution < 1.29 is 9.66 Å². The smallest absolute Gasteiger partial charge is 0.270 e. The van der Waals surface area contributed by atoms with Gasteiger partial charge in [-0.25, -0.2) is 4.98 Å². The summed E-state index contributed by atoms with van der Waals surface area (Å²) in [5.74, 6) is 0.859. The first-order valence-electron chi connectivity index (χ1n) is 7.95. The highest BCUT2D eigenvalue weighted by molar-refractivity contribution is 7.23. The van der Waals surface area contributed by atoms with Crippen molar-refractivity contribution in [2.45, 2.75) is 13.3 Å². The number of aromatic nitrogens is 2. The van der Waals surface area contributed by atoms with Crippen LogP contribution < -0.4 is 4.74 Å². The molecule has 25 heavy (non-hydrogen) atoms. The highest BCUT2D eigenvalue weighted by Crippen LogP contribution is 2.32. The lowest BCUT2D eigenvalue weighted by atomic mass is 10.1. The summed E-state index contributed by atoms with van der Waals surface area (Å²) < 4.78 is 8.79. The number of hydrogen-bond acceptors (Lipinski definition) is 5. The average Bonchev–Trinajstić information content (AvgIpc) is 3.17. The number of imidazole rings is 1. The van der Waals surface area contributed by atoms with E-state index >= 15 is 0 Å². The normalized spacial score (nSPS) is 11.2. The number of thiazole rings is 1. The largest absolute Gasteiger partial charge is 0.494 e. The Bertz CT molecular complexity index is 1080. The Morgan fingerprint density at radius 3 is 2.96 bits per heavy atom. The van der Waals surface area contributed by atoms with Crippen LogP contribution >= 0.6 is 11.3 Å². The van der Waals surface area contributed by atoms with Crippen molar-refractivity contribution in [3.63, 3.8) is 0 Å². The van der Waals surface area contributed by atoms with Gasteiger partial charge in [-0.15, -0.1) is 0 Å². The van der Waals surface area contributed by atoms with E-state index in [4.69, 9.17) is 4.74 Å². The summed E-state index contributed by atoms with van der Waals surface area (Å²) in [5, 5.41) is 11.0. The van der Waals surface area contributed by atoms with Crippen molar-refractivity contribution in [1.29, 1.82) is 0 Å². The summed E-state index contributed by atoms with van der Waals surface area (Å²) in [6.45, 7) is 2.78. The van der Waals surface area contributed by atoms with Crippen LogP contribution in [0.25, 0.3) is 26.4 Å². The maximum Gasteiger partial charge on any atom is 0.270 e. The first kappa shape index (κ1) is 15.6. The van der Waals surface area contributed by atoms with Gasteiger partial charge in [-0.1, -0.05) is 30.4 Å². The molecule has 6 nitrogen and oxygen atoms in total. The third-order valence-corrected chi connectivity index (χ3v) is 4.91. The van der Waals surface area contributed by atoms with Gasteiger partial charge >= 0.3 is 0 Å². The van der Waals surface area contributed by atoms with E-state index in [0.717, 1.165) is 38.6 Å². The Morgan fingerprint density at radius 1 is 1.28 bits per heavy atom. The highest BCUT2D eigenvalue weighted by Gasteiger charge is 2.13. The molecule has 0 aliphatic heterocycles. The molecule has 0 fully saturated rings. The minimum atomic E-state index is -0.394. The number of non-ortho nitro benzene ring substituents is 1. The zero-order valence-corrected chi connectivity index (χ0v) is 14.3. The lowest BCUT2D eigenvalue weighted by Gasteiger charge is -2.03. The maximum absolute atomic E-state index is 11.0. The lowest BCUT2D eigenvalue weighted by Crippen LogP contribution is -1.94. The molecule has 0 saturated carbocycles. The van der Waals surface area contributed by atoms with Crippen molar-refractivity contribution >= 4 is 32.2 Å². The minimum Gasteiger partial charge on any atom is -0.494 e. The summed E-state index contributed by atoms with van der Waals surface area (Å²) in [7, 11) is 0. The molecule has 2 aromatic carbocycles. The van der Waals surface area contributed by atoms with Crippen LogP contribution in [0.5, 0.6) is 5.75 Å². The van der Waals surface area contributed by atoms with E-state index in [1.54, 1.807) is 23.5 Å². The van der Waals surface area contributed by atoms with Gasteiger partial charge in [0.1, 0.15) is 5.75 Å². The number of benzene rings is 2. The fraction of sp³-hybridized carbons (Fsp3) is 0.167. The molecule has 7 heteroatoms. The van der Waals surface area contributed by atoms with Crippen molar-refractivity contribution in [3.05, 3.63) is 58.8 Å². The van der Waals surface area contributed by atoms with Crippen LogP contribution in [0.15, 0.2) is 48.7 Å². The molecule has 4 aromatic rings. The molecular formula is C18H15N3O3S. The fourth-order valence-electron chi connectivity index (χ4n) is 2.71. The number of ether oxygens (including phenoxy) is 1. The molecule has 2 heterocycles. The summed E-state index contributed by atoms with van der Waals surface area (Å²) in [6, 6.07) is 12.5. The van der Waals surface area contributed by atoms with E-state index in [9.17, 15) is 10.1 Å². The average molecular weight is 353 g/mol. The number of hydrogen-bond donors (Lipinski definition) is 0. The van der Waals surface area contributed by atoms with E-state index in [1.165, 1.54) is 6.07 Å². The van der Waals surface area contributed by atoms with Crippen molar-refractivity contribution in [2.24, 2.45) is 0 Å². The molecule has 0 aliphatic carbocycles. The van der Waals surface area contributed by atoms with Gasteiger partial charge in [-0.05, 0) is 24.6 Å². The van der Waals surface area contributed by atoms with Gasteiger partial charge in [0.25, 0.3) is 5.69 Å². The second kappa shape index (κ2) is 6.18. The Labute approximate surface area is 147 Å². The zero-order valence-electron chi connectivity index (χ0n) is 13.5. The SMILES string of the molecule is CCCOc1ccc2c(c1)sc1nc(-c3cccc([N+](=O)[O-])c3)cn12. The third kappa shape index (κ3) is 2.83. The lowest BCUT2D eigenvalue weighted by molar-refractivity contribution is -0.384. The van der Waals surface area contributed by atoms with Gasteiger partial charge in [-0.3, -0.25) is 14.5 Å². The molecule has 2 aromatic heterocycles. The predicted molar refractivity (Wildman–Crippen MR) is 98.5 cm³/mol. The molecule has 126 valence electrons. The fourth-order valence-corrected chi connectivity index (χ4v) is 3.75. The molecule has 0 unspecified atom stereocenters. The van der Waals surface area contributed by atoms with Crippen LogP contribution in [0.3, 0.4) is 0 Å². The third-order valence-electron chi connectivity index (χ3n) is 3.89. The molecule has 0 radical (unpaired) electrons. The number of nitrogens with zero attached hydrogens (tertiary/aromatic N) is 3. The molecule has 0 bridgehead atoms. The minimum absolute atomic E-state index is 0.0661. The standard InChI is InChI=1S/C18H15N3O3S/c1-2-8-24-14-6-7-16-17(10-14)25-18-19-15(11-20(16)18)12-4-3-5-13(9-12)21(22)23/h3-7,9-11H,2,8H2,1H3. The van der Waals surface area contributed by atoms with Gasteiger partial charge < -0.3 is 4.74 Å². The Morgan fingerprint density at radius 2 is 2.16 bits per heavy atom. The van der Waals surface area contributed by atoms with Crippen molar-refractivity contribution in [1.82, 2.24) is 9.38 Å². The van der Waals surface area contributed by atoms with Gasteiger partial charge in [0.05, 0.1) is 27.4 Å². The van der Waals surface area contributed by atoms with Crippen molar-refractivity contribution in [2.75, 3.05) is 6.61 Å². The molecule has 0 spiro atoms. The van der Waals surface area contributed by atoms with Crippen LogP contribution in [0.4, 0.5) is 5.69 Å². The van der Waals surface area contributed by atoms with E-state index in [2.05, 4.69) is 11.9 Å². The number of fused-ring (bicyclic) bond motifs is 3. The zero-order chi connectivity index (χ0) is 17.4. The van der Waals surface area contributed by atoms with Gasteiger partial charge in [-0.2, -0.15) is 0 Å². The summed E-state index contributed by atoms with van der Waals surface area (Å²) in [4.78, 5) is 16.0. The molecule has 0 N–H and O–H groups in total. The van der Waals surface area contributed by atoms with Gasteiger partial charge in [0.2, 0.25) is 0 Å². The monoisotopic (exact) mass is 353 g/mol. The van der Waals surface area contributed by atoms with E-state index < -0.39 is 4.92 Å². The van der Waals surface area contributed by atoms with E-state index in [1.807, 2.05) is 34.9 Å². The second-order valence-corrected chi connectivity index (χ2v) is 6.68. The number of rotatable bonds is 5. The van der Waals surface area contributed by atoms with Gasteiger partial charge in [0, 0.05) is 23.9 Å². The summed E-state index contributed by atoms with van der Waals surface area (Å²) in [5.41, 5.74) is 2.58. The van der Waals surface area contributed by atoms with E-state index in [0.29, 0.717) is 6.61 Å². The molecule has 0 aliphatic rings. The number of nitro benzene ring substituents is 1. The molecule has 4 rings (SSSR count). The molecule has 0 atom stereocenters. The van der Waals surface area contributed by atoms with Crippen LogP contribution in [-0.2, 0) is 0 Å².